The van der Waals surface area contributed by atoms with E-state index < -0.39 is 24.6 Å². The minimum Gasteiger partial charge on any atom is -0.449 e. The largest absolute Gasteiger partial charge is 0.449 e. The van der Waals surface area contributed by atoms with Crippen LogP contribution in [0, 0.1) is 13.8 Å². The minimum absolute atomic E-state index is 0.0720. The SMILES string of the molecule is Cc1ccc(NC(=O)[C@@H](C)OC(=O)c2ccc(OC(F)F)cc2)c(C)c1. The number of ether oxygens (including phenoxy) is 2. The van der Waals surface area contributed by atoms with Crippen molar-refractivity contribution in [2.24, 2.45) is 0 Å². The van der Waals surface area contributed by atoms with E-state index in [4.69, 9.17) is 4.74 Å². The molecular weight excluding hydrogens is 344 g/mol. The van der Waals surface area contributed by atoms with Crippen LogP contribution in [0.25, 0.3) is 0 Å². The third-order valence-electron chi connectivity index (χ3n) is 3.61. The summed E-state index contributed by atoms with van der Waals surface area (Å²) in [6.07, 6.45) is -1.03. The monoisotopic (exact) mass is 363 g/mol. The Hall–Kier alpha value is -2.96. The number of rotatable bonds is 6. The molecule has 5 nitrogen and oxygen atoms in total. The molecule has 0 bridgehead atoms. The highest BCUT2D eigenvalue weighted by atomic mass is 19.3. The molecule has 138 valence electrons. The van der Waals surface area contributed by atoms with Crippen molar-refractivity contribution >= 4 is 17.6 Å². The van der Waals surface area contributed by atoms with Crippen molar-refractivity contribution in [1.29, 1.82) is 0 Å². The van der Waals surface area contributed by atoms with Crippen LogP contribution in [-0.2, 0) is 9.53 Å². The van der Waals surface area contributed by atoms with Gasteiger partial charge in [0.2, 0.25) is 0 Å². The molecule has 0 unspecified atom stereocenters. The molecule has 7 heteroatoms. The van der Waals surface area contributed by atoms with Crippen LogP contribution in [0.15, 0.2) is 42.5 Å². The highest BCUT2D eigenvalue weighted by molar-refractivity contribution is 5.97. The fourth-order valence-corrected chi connectivity index (χ4v) is 2.24. The molecule has 2 aromatic carbocycles. The highest BCUT2D eigenvalue weighted by Gasteiger charge is 2.19. The van der Waals surface area contributed by atoms with Gasteiger partial charge in [0.25, 0.3) is 5.91 Å². The van der Waals surface area contributed by atoms with E-state index in [0.29, 0.717) is 5.69 Å². The van der Waals surface area contributed by atoms with Gasteiger partial charge >= 0.3 is 12.6 Å². The number of nitrogens with one attached hydrogen (secondary N) is 1. The summed E-state index contributed by atoms with van der Waals surface area (Å²) in [7, 11) is 0. The number of hydrogen-bond donors (Lipinski definition) is 1. The molecule has 1 N–H and O–H groups in total. The number of benzene rings is 2. The van der Waals surface area contributed by atoms with Crippen molar-refractivity contribution in [1.82, 2.24) is 0 Å². The molecule has 0 aliphatic carbocycles. The molecule has 0 aliphatic heterocycles. The summed E-state index contributed by atoms with van der Waals surface area (Å²) in [5, 5.41) is 2.71. The summed E-state index contributed by atoms with van der Waals surface area (Å²) >= 11 is 0. The van der Waals surface area contributed by atoms with Crippen LogP contribution in [0.2, 0.25) is 0 Å². The van der Waals surface area contributed by atoms with Crippen LogP contribution in [-0.4, -0.2) is 24.6 Å². The molecule has 0 saturated carbocycles. The Kier molecular flexibility index (Phi) is 6.27. The Bertz CT molecular complexity index is 791. The molecule has 0 aromatic heterocycles. The zero-order chi connectivity index (χ0) is 19.3. The standard InChI is InChI=1S/C19H19F2NO4/c1-11-4-9-16(12(2)10-11)22-17(23)13(3)25-18(24)14-5-7-15(8-6-14)26-19(20)21/h4-10,13,19H,1-3H3,(H,22,23)/t13-/m1/s1. The maximum absolute atomic E-state index is 12.2. The fourth-order valence-electron chi connectivity index (χ4n) is 2.24. The lowest BCUT2D eigenvalue weighted by Gasteiger charge is -2.15. The van der Waals surface area contributed by atoms with E-state index in [2.05, 4.69) is 10.1 Å². The molecule has 1 atom stereocenters. The van der Waals surface area contributed by atoms with Gasteiger partial charge in [-0.3, -0.25) is 4.79 Å². The van der Waals surface area contributed by atoms with E-state index >= 15 is 0 Å². The quantitative estimate of drug-likeness (QED) is 0.785. The van der Waals surface area contributed by atoms with Crippen molar-refractivity contribution < 1.29 is 27.8 Å². The first kappa shape index (κ1) is 19.4. The zero-order valence-corrected chi connectivity index (χ0v) is 14.6. The van der Waals surface area contributed by atoms with E-state index in [1.54, 1.807) is 6.07 Å². The lowest BCUT2D eigenvalue weighted by molar-refractivity contribution is -0.123. The number of carbonyl (C=O) groups is 2. The van der Waals surface area contributed by atoms with Crippen LogP contribution in [0.5, 0.6) is 5.75 Å². The molecule has 0 radical (unpaired) electrons. The first-order chi connectivity index (χ1) is 12.3. The molecule has 0 heterocycles. The van der Waals surface area contributed by atoms with Crippen molar-refractivity contribution in [2.75, 3.05) is 5.32 Å². The van der Waals surface area contributed by atoms with Crippen molar-refractivity contribution in [2.45, 2.75) is 33.5 Å². The van der Waals surface area contributed by atoms with E-state index in [-0.39, 0.29) is 11.3 Å². The Morgan fingerprint density at radius 1 is 1.04 bits per heavy atom. The van der Waals surface area contributed by atoms with E-state index in [1.807, 2.05) is 26.0 Å². The second-order valence-electron chi connectivity index (χ2n) is 5.76. The van der Waals surface area contributed by atoms with Gasteiger partial charge in [0.05, 0.1) is 5.56 Å². The van der Waals surface area contributed by atoms with Crippen molar-refractivity contribution in [3.05, 3.63) is 59.2 Å². The summed E-state index contributed by atoms with van der Waals surface area (Å²) in [6.45, 7) is 2.32. The topological polar surface area (TPSA) is 64.6 Å². The van der Waals surface area contributed by atoms with Gasteiger partial charge in [0.1, 0.15) is 5.75 Å². The van der Waals surface area contributed by atoms with Gasteiger partial charge in [-0.25, -0.2) is 4.79 Å². The molecule has 0 fully saturated rings. The molecule has 2 rings (SSSR count). The molecule has 0 aliphatic rings. The van der Waals surface area contributed by atoms with Gasteiger partial charge in [-0.1, -0.05) is 17.7 Å². The van der Waals surface area contributed by atoms with Crippen LogP contribution in [0.4, 0.5) is 14.5 Å². The smallest absolute Gasteiger partial charge is 0.387 e. The molecule has 0 saturated heterocycles. The van der Waals surface area contributed by atoms with Gasteiger partial charge in [-0.2, -0.15) is 8.78 Å². The van der Waals surface area contributed by atoms with Gasteiger partial charge in [-0.15, -0.1) is 0 Å². The normalized spacial score (nSPS) is 11.8. The second-order valence-corrected chi connectivity index (χ2v) is 5.76. The average molecular weight is 363 g/mol. The summed E-state index contributed by atoms with van der Waals surface area (Å²) in [5.41, 5.74) is 2.72. The summed E-state index contributed by atoms with van der Waals surface area (Å²) in [6, 6.07) is 10.6. The lowest BCUT2D eigenvalue weighted by Crippen LogP contribution is -2.30. The van der Waals surface area contributed by atoms with Crippen molar-refractivity contribution in [3.8, 4) is 5.75 Å². The number of alkyl halides is 2. The van der Waals surface area contributed by atoms with Gasteiger partial charge in [-0.05, 0) is 56.7 Å². The Morgan fingerprint density at radius 3 is 2.27 bits per heavy atom. The summed E-state index contributed by atoms with van der Waals surface area (Å²) in [5.74, 6) is -1.28. The maximum atomic E-state index is 12.2. The minimum atomic E-state index is -2.94. The number of amides is 1. The van der Waals surface area contributed by atoms with Crippen molar-refractivity contribution in [3.63, 3.8) is 0 Å². The average Bonchev–Trinajstić information content (AvgIpc) is 2.57. The lowest BCUT2D eigenvalue weighted by atomic mass is 10.1. The first-order valence-corrected chi connectivity index (χ1v) is 7.90. The zero-order valence-electron chi connectivity index (χ0n) is 14.6. The predicted octanol–water partition coefficient (Wildman–Crippen LogP) is 4.09. The molecule has 2 aromatic rings. The maximum Gasteiger partial charge on any atom is 0.387 e. The summed E-state index contributed by atoms with van der Waals surface area (Å²) in [4.78, 5) is 24.3. The van der Waals surface area contributed by atoms with Crippen LogP contribution in [0.3, 0.4) is 0 Å². The molecule has 26 heavy (non-hydrogen) atoms. The number of anilines is 1. The third kappa shape index (κ3) is 5.27. The van der Waals surface area contributed by atoms with Crippen LogP contribution < -0.4 is 10.1 Å². The Morgan fingerprint density at radius 2 is 1.69 bits per heavy atom. The van der Waals surface area contributed by atoms with E-state index in [9.17, 15) is 18.4 Å². The molecule has 0 spiro atoms. The number of esters is 1. The number of hydrogen-bond acceptors (Lipinski definition) is 4. The number of halogens is 2. The van der Waals surface area contributed by atoms with E-state index in [0.717, 1.165) is 11.1 Å². The molecule has 1 amide bonds. The Labute approximate surface area is 149 Å². The van der Waals surface area contributed by atoms with Gasteiger partial charge < -0.3 is 14.8 Å². The van der Waals surface area contributed by atoms with Gasteiger partial charge in [0, 0.05) is 5.69 Å². The van der Waals surface area contributed by atoms with E-state index in [1.165, 1.54) is 31.2 Å². The van der Waals surface area contributed by atoms with Gasteiger partial charge in [0.15, 0.2) is 6.10 Å². The third-order valence-corrected chi connectivity index (χ3v) is 3.61. The number of aryl methyl sites for hydroxylation is 2. The first-order valence-electron chi connectivity index (χ1n) is 7.90. The predicted molar refractivity (Wildman–Crippen MR) is 92.5 cm³/mol. The fraction of sp³-hybridized carbons (Fsp3) is 0.263. The molecular formula is C19H19F2NO4. The van der Waals surface area contributed by atoms with Crippen LogP contribution in [0.1, 0.15) is 28.4 Å². The van der Waals surface area contributed by atoms with Crippen LogP contribution >= 0.6 is 0 Å². The summed E-state index contributed by atoms with van der Waals surface area (Å²) < 4.78 is 33.5. The second kappa shape index (κ2) is 8.42. The highest BCUT2D eigenvalue weighted by Crippen LogP contribution is 2.18. The number of carbonyl (C=O) groups excluding carboxylic acids is 2. The Balaban J connectivity index is 1.96.